The molecule has 0 amide bonds. The average molecular weight is 257 g/mol. The van der Waals surface area contributed by atoms with Crippen molar-refractivity contribution in [3.8, 4) is 17.0 Å². The largest absolute Gasteiger partial charge is 0.493 e. The molecular formula is C14H15N3O2. The maximum absolute atomic E-state index is 12.1. The molecule has 19 heavy (non-hydrogen) atoms. The lowest BCUT2D eigenvalue weighted by atomic mass is 10.1. The molecule has 2 heterocycles. The second-order valence-corrected chi connectivity index (χ2v) is 4.65. The first-order valence-electron chi connectivity index (χ1n) is 6.39. The van der Waals surface area contributed by atoms with Gasteiger partial charge in [-0.1, -0.05) is 30.3 Å². The number of rotatable bonds is 2. The normalized spacial score (nSPS) is 14.8. The van der Waals surface area contributed by atoms with Crippen LogP contribution in [0.15, 0.2) is 35.1 Å². The highest BCUT2D eigenvalue weighted by Gasteiger charge is 2.18. The second-order valence-electron chi connectivity index (χ2n) is 4.65. The van der Waals surface area contributed by atoms with Crippen LogP contribution in [0.1, 0.15) is 12.8 Å². The van der Waals surface area contributed by atoms with E-state index >= 15 is 0 Å². The van der Waals surface area contributed by atoms with Crippen molar-refractivity contribution in [3.05, 3.63) is 40.7 Å². The van der Waals surface area contributed by atoms with Crippen LogP contribution in [0.2, 0.25) is 0 Å². The Morgan fingerprint density at radius 2 is 1.84 bits per heavy atom. The van der Waals surface area contributed by atoms with Crippen molar-refractivity contribution in [2.75, 3.05) is 18.0 Å². The molecule has 1 aromatic heterocycles. The van der Waals surface area contributed by atoms with E-state index in [0.717, 1.165) is 25.9 Å². The SMILES string of the molecule is O=c1[nH]c(N2CCCC2)nc(O)c1-c1ccccc1. The van der Waals surface area contributed by atoms with Crippen LogP contribution < -0.4 is 10.5 Å². The monoisotopic (exact) mass is 257 g/mol. The van der Waals surface area contributed by atoms with Crippen molar-refractivity contribution in [2.45, 2.75) is 12.8 Å². The van der Waals surface area contributed by atoms with Gasteiger partial charge in [-0.15, -0.1) is 0 Å². The molecule has 1 aliphatic rings. The Bertz CT molecular complexity index is 631. The molecule has 2 aromatic rings. The van der Waals surface area contributed by atoms with Crippen molar-refractivity contribution in [1.82, 2.24) is 9.97 Å². The molecule has 0 unspecified atom stereocenters. The summed E-state index contributed by atoms with van der Waals surface area (Å²) in [6, 6.07) is 9.06. The Balaban J connectivity index is 2.06. The van der Waals surface area contributed by atoms with E-state index in [4.69, 9.17) is 0 Å². The molecule has 98 valence electrons. The van der Waals surface area contributed by atoms with E-state index in [-0.39, 0.29) is 17.0 Å². The molecule has 0 saturated carbocycles. The van der Waals surface area contributed by atoms with Crippen molar-refractivity contribution in [1.29, 1.82) is 0 Å². The molecule has 1 saturated heterocycles. The Kier molecular flexibility index (Phi) is 2.95. The molecule has 0 bridgehead atoms. The number of aromatic nitrogens is 2. The third-order valence-corrected chi connectivity index (χ3v) is 3.36. The number of anilines is 1. The smallest absolute Gasteiger partial charge is 0.264 e. The maximum Gasteiger partial charge on any atom is 0.264 e. The molecule has 5 nitrogen and oxygen atoms in total. The van der Waals surface area contributed by atoms with Gasteiger partial charge in [0.15, 0.2) is 0 Å². The van der Waals surface area contributed by atoms with Crippen LogP contribution in [0.3, 0.4) is 0 Å². The molecule has 0 radical (unpaired) electrons. The minimum Gasteiger partial charge on any atom is -0.493 e. The summed E-state index contributed by atoms with van der Waals surface area (Å²) < 4.78 is 0. The third kappa shape index (κ3) is 2.19. The fourth-order valence-corrected chi connectivity index (χ4v) is 2.39. The van der Waals surface area contributed by atoms with Crippen LogP contribution in [-0.2, 0) is 0 Å². The minimum absolute atomic E-state index is 0.211. The number of hydrogen-bond donors (Lipinski definition) is 2. The molecule has 0 spiro atoms. The van der Waals surface area contributed by atoms with Crippen molar-refractivity contribution in [3.63, 3.8) is 0 Å². The summed E-state index contributed by atoms with van der Waals surface area (Å²) >= 11 is 0. The van der Waals surface area contributed by atoms with E-state index < -0.39 is 0 Å². The van der Waals surface area contributed by atoms with Gasteiger partial charge in [-0.2, -0.15) is 4.98 Å². The fourth-order valence-electron chi connectivity index (χ4n) is 2.39. The van der Waals surface area contributed by atoms with Gasteiger partial charge in [0.25, 0.3) is 5.56 Å². The zero-order valence-corrected chi connectivity index (χ0v) is 10.5. The molecular weight excluding hydrogens is 242 g/mol. The van der Waals surface area contributed by atoms with E-state index in [0.29, 0.717) is 11.5 Å². The number of benzene rings is 1. The van der Waals surface area contributed by atoms with Gasteiger partial charge < -0.3 is 10.0 Å². The molecule has 2 N–H and O–H groups in total. The van der Waals surface area contributed by atoms with Gasteiger partial charge in [0, 0.05) is 13.1 Å². The molecule has 1 aromatic carbocycles. The van der Waals surface area contributed by atoms with E-state index in [1.165, 1.54) is 0 Å². The van der Waals surface area contributed by atoms with Crippen LogP contribution in [0.25, 0.3) is 11.1 Å². The first-order chi connectivity index (χ1) is 9.25. The average Bonchev–Trinajstić information content (AvgIpc) is 2.93. The summed E-state index contributed by atoms with van der Waals surface area (Å²) in [6.45, 7) is 1.74. The van der Waals surface area contributed by atoms with Crippen molar-refractivity contribution >= 4 is 5.95 Å². The minimum atomic E-state index is -0.305. The number of aromatic hydroxyl groups is 1. The lowest BCUT2D eigenvalue weighted by molar-refractivity contribution is 0.453. The molecule has 3 rings (SSSR count). The molecule has 1 fully saturated rings. The first-order valence-corrected chi connectivity index (χ1v) is 6.39. The number of H-pyrrole nitrogens is 1. The highest BCUT2D eigenvalue weighted by Crippen LogP contribution is 2.25. The predicted molar refractivity (Wildman–Crippen MR) is 73.4 cm³/mol. The Hall–Kier alpha value is -2.30. The third-order valence-electron chi connectivity index (χ3n) is 3.36. The highest BCUT2D eigenvalue weighted by molar-refractivity contribution is 5.67. The summed E-state index contributed by atoms with van der Waals surface area (Å²) in [4.78, 5) is 21.0. The number of hydrogen-bond acceptors (Lipinski definition) is 4. The van der Waals surface area contributed by atoms with Crippen LogP contribution in [0.5, 0.6) is 5.88 Å². The molecule has 0 aliphatic carbocycles. The van der Waals surface area contributed by atoms with Gasteiger partial charge in [-0.05, 0) is 18.4 Å². The number of aromatic amines is 1. The topological polar surface area (TPSA) is 69.2 Å². The van der Waals surface area contributed by atoms with Gasteiger partial charge in [0.2, 0.25) is 11.8 Å². The van der Waals surface area contributed by atoms with Gasteiger partial charge in [0.1, 0.15) is 5.56 Å². The predicted octanol–water partition coefficient (Wildman–Crippen LogP) is 1.74. The zero-order chi connectivity index (χ0) is 13.2. The summed E-state index contributed by atoms with van der Waals surface area (Å²) in [5.74, 6) is 0.247. The van der Waals surface area contributed by atoms with E-state index in [1.54, 1.807) is 12.1 Å². The summed E-state index contributed by atoms with van der Waals surface area (Å²) in [5, 5.41) is 10.0. The number of nitrogens with zero attached hydrogens (tertiary/aromatic N) is 2. The van der Waals surface area contributed by atoms with Crippen LogP contribution in [0.4, 0.5) is 5.95 Å². The van der Waals surface area contributed by atoms with Crippen LogP contribution in [0, 0.1) is 0 Å². The van der Waals surface area contributed by atoms with E-state index in [9.17, 15) is 9.90 Å². The zero-order valence-electron chi connectivity index (χ0n) is 10.5. The Morgan fingerprint density at radius 3 is 2.47 bits per heavy atom. The summed E-state index contributed by atoms with van der Waals surface area (Å²) in [5.41, 5.74) is 0.589. The summed E-state index contributed by atoms with van der Waals surface area (Å²) in [6.07, 6.45) is 2.18. The van der Waals surface area contributed by atoms with Crippen molar-refractivity contribution in [2.24, 2.45) is 0 Å². The van der Waals surface area contributed by atoms with E-state index in [1.807, 2.05) is 23.1 Å². The first kappa shape index (κ1) is 11.8. The van der Waals surface area contributed by atoms with Gasteiger partial charge >= 0.3 is 0 Å². The summed E-state index contributed by atoms with van der Waals surface area (Å²) in [7, 11) is 0. The number of nitrogens with one attached hydrogen (secondary N) is 1. The Labute approximate surface area is 110 Å². The molecule has 0 atom stereocenters. The van der Waals surface area contributed by atoms with Gasteiger partial charge in [-0.25, -0.2) is 0 Å². The van der Waals surface area contributed by atoms with E-state index in [2.05, 4.69) is 9.97 Å². The Morgan fingerprint density at radius 1 is 1.16 bits per heavy atom. The fraction of sp³-hybridized carbons (Fsp3) is 0.286. The molecule has 5 heteroatoms. The van der Waals surface area contributed by atoms with Gasteiger partial charge in [0.05, 0.1) is 0 Å². The lowest BCUT2D eigenvalue weighted by Crippen LogP contribution is -2.24. The van der Waals surface area contributed by atoms with Crippen LogP contribution >= 0.6 is 0 Å². The van der Waals surface area contributed by atoms with Gasteiger partial charge in [-0.3, -0.25) is 9.78 Å². The molecule has 1 aliphatic heterocycles. The van der Waals surface area contributed by atoms with Crippen LogP contribution in [-0.4, -0.2) is 28.2 Å². The van der Waals surface area contributed by atoms with Crippen molar-refractivity contribution < 1.29 is 5.11 Å². The lowest BCUT2D eigenvalue weighted by Gasteiger charge is -2.16. The second kappa shape index (κ2) is 4.76. The standard InChI is InChI=1S/C14H15N3O2/c18-12-11(10-6-2-1-3-7-10)13(19)16-14(15-12)17-8-4-5-9-17/h1-3,6-7H,4-5,8-9H2,(H2,15,16,18,19). The maximum atomic E-state index is 12.1. The quantitative estimate of drug-likeness (QED) is 0.859. The highest BCUT2D eigenvalue weighted by atomic mass is 16.3.